The van der Waals surface area contributed by atoms with Gasteiger partial charge in [-0.05, 0) is 79.4 Å². The number of aryl methyl sites for hydroxylation is 2. The summed E-state index contributed by atoms with van der Waals surface area (Å²) in [5.41, 5.74) is 3.92. The number of rotatable bonds is 8. The second kappa shape index (κ2) is 9.99. The van der Waals surface area contributed by atoms with Gasteiger partial charge < -0.3 is 0 Å². The van der Waals surface area contributed by atoms with Crippen molar-refractivity contribution in [3.8, 4) is 0 Å². The maximum Gasteiger partial charge on any atom is 0.229 e. The molecule has 0 N–H and O–H groups in total. The normalized spacial score (nSPS) is 11.6. The Labute approximate surface area is 202 Å². The molecule has 0 saturated carbocycles. The number of carbonyl (C=O) groups is 1. The van der Waals surface area contributed by atoms with Crippen molar-refractivity contribution in [1.82, 2.24) is 9.97 Å². The van der Waals surface area contributed by atoms with E-state index < -0.39 is 15.7 Å². The minimum Gasteiger partial charge on any atom is -0.284 e. The van der Waals surface area contributed by atoms with Crippen LogP contribution in [0.4, 0.5) is 9.52 Å². The summed E-state index contributed by atoms with van der Waals surface area (Å²) in [5.74, 6) is -0.910. The summed E-state index contributed by atoms with van der Waals surface area (Å²) in [5, 5.41) is 0.576. The van der Waals surface area contributed by atoms with Crippen LogP contribution >= 0.6 is 11.3 Å². The maximum absolute atomic E-state index is 13.3. The average Bonchev–Trinajstić information content (AvgIpc) is 3.22. The van der Waals surface area contributed by atoms with Crippen LogP contribution in [0.1, 0.15) is 29.5 Å². The van der Waals surface area contributed by atoms with Gasteiger partial charge in [-0.1, -0.05) is 17.4 Å². The Morgan fingerprint density at radius 2 is 1.76 bits per heavy atom. The Hall–Kier alpha value is -3.17. The molecule has 0 spiro atoms. The van der Waals surface area contributed by atoms with Crippen LogP contribution in [0.25, 0.3) is 10.2 Å². The predicted octanol–water partition coefficient (Wildman–Crippen LogP) is 5.23. The van der Waals surface area contributed by atoms with Crippen molar-refractivity contribution in [2.45, 2.75) is 38.1 Å². The SMILES string of the molecule is Cc1cc(C)c2nc(N(Cc3ccncc3)C(=O)CCCS(=O)(=O)c3ccc(F)cc3)sc2c1. The zero-order valence-electron chi connectivity index (χ0n) is 18.9. The monoisotopic (exact) mass is 497 g/mol. The van der Waals surface area contributed by atoms with E-state index in [1.807, 2.05) is 32.0 Å². The van der Waals surface area contributed by atoms with Gasteiger partial charge in [0.1, 0.15) is 5.82 Å². The summed E-state index contributed by atoms with van der Waals surface area (Å²) < 4.78 is 39.3. The Morgan fingerprint density at radius 1 is 1.06 bits per heavy atom. The quantitative estimate of drug-likeness (QED) is 0.311. The number of pyridine rings is 1. The minimum absolute atomic E-state index is 0.0411. The molecule has 34 heavy (non-hydrogen) atoms. The molecule has 0 radical (unpaired) electrons. The molecular weight excluding hydrogens is 473 g/mol. The first-order valence-corrected chi connectivity index (χ1v) is 13.3. The summed E-state index contributed by atoms with van der Waals surface area (Å²) in [6, 6.07) is 12.5. The molecule has 0 saturated heterocycles. The second-order valence-electron chi connectivity index (χ2n) is 8.14. The van der Waals surface area contributed by atoms with Gasteiger partial charge in [0.15, 0.2) is 15.0 Å². The van der Waals surface area contributed by atoms with Crippen LogP contribution in [0.3, 0.4) is 0 Å². The molecule has 2 heterocycles. The van der Waals surface area contributed by atoms with Crippen LogP contribution < -0.4 is 4.90 Å². The lowest BCUT2D eigenvalue weighted by atomic mass is 10.1. The number of thiazole rings is 1. The Kier molecular flexibility index (Phi) is 7.04. The number of nitrogens with zero attached hydrogens (tertiary/aromatic N) is 3. The van der Waals surface area contributed by atoms with Gasteiger partial charge in [0, 0.05) is 18.8 Å². The average molecular weight is 498 g/mol. The highest BCUT2D eigenvalue weighted by Crippen LogP contribution is 2.33. The van der Waals surface area contributed by atoms with E-state index in [0.29, 0.717) is 11.7 Å². The first kappa shape index (κ1) is 24.0. The second-order valence-corrected chi connectivity index (χ2v) is 11.3. The molecule has 176 valence electrons. The molecule has 0 aliphatic rings. The topological polar surface area (TPSA) is 80.2 Å². The molecule has 9 heteroatoms. The number of hydrogen-bond donors (Lipinski definition) is 0. The smallest absolute Gasteiger partial charge is 0.229 e. The highest BCUT2D eigenvalue weighted by molar-refractivity contribution is 7.91. The number of anilines is 1. The van der Waals surface area contributed by atoms with Crippen LogP contribution in [-0.2, 0) is 21.2 Å². The number of carbonyl (C=O) groups excluding carboxylic acids is 1. The number of hydrogen-bond acceptors (Lipinski definition) is 6. The fraction of sp³-hybridized carbons (Fsp3) is 0.240. The zero-order valence-corrected chi connectivity index (χ0v) is 20.5. The summed E-state index contributed by atoms with van der Waals surface area (Å²) in [6.07, 6.45) is 3.52. The van der Waals surface area contributed by atoms with Crippen molar-refractivity contribution >= 4 is 42.4 Å². The number of amides is 1. The maximum atomic E-state index is 13.3. The van der Waals surface area contributed by atoms with Gasteiger partial charge in [0.2, 0.25) is 5.91 Å². The molecule has 0 atom stereocenters. The fourth-order valence-corrected chi connectivity index (χ4v) is 6.18. The van der Waals surface area contributed by atoms with E-state index in [-0.39, 0.29) is 29.4 Å². The molecule has 0 aliphatic carbocycles. The van der Waals surface area contributed by atoms with Crippen LogP contribution in [0, 0.1) is 19.7 Å². The zero-order chi connectivity index (χ0) is 24.3. The van der Waals surface area contributed by atoms with Gasteiger partial charge in [0.25, 0.3) is 0 Å². The minimum atomic E-state index is -3.61. The van der Waals surface area contributed by atoms with Crippen LogP contribution in [0.5, 0.6) is 0 Å². The number of aromatic nitrogens is 2. The van der Waals surface area contributed by atoms with Crippen molar-refractivity contribution in [1.29, 1.82) is 0 Å². The molecule has 2 aromatic carbocycles. The molecule has 0 fully saturated rings. The van der Waals surface area contributed by atoms with Gasteiger partial charge in [-0.2, -0.15) is 0 Å². The molecule has 0 aliphatic heterocycles. The first-order valence-electron chi connectivity index (χ1n) is 10.8. The first-order chi connectivity index (χ1) is 16.2. The Bertz CT molecular complexity index is 1420. The van der Waals surface area contributed by atoms with Crippen molar-refractivity contribution in [3.63, 3.8) is 0 Å². The van der Waals surface area contributed by atoms with Gasteiger partial charge in [-0.25, -0.2) is 17.8 Å². The number of benzene rings is 2. The predicted molar refractivity (Wildman–Crippen MR) is 132 cm³/mol. The highest BCUT2D eigenvalue weighted by Gasteiger charge is 2.22. The molecule has 1 amide bonds. The van der Waals surface area contributed by atoms with Gasteiger partial charge in [0.05, 0.1) is 27.4 Å². The Balaban J connectivity index is 1.55. The standard InChI is InChI=1S/C25H24FN3O3S2/c1-17-14-18(2)24-22(15-17)33-25(28-24)29(16-19-9-11-27-12-10-19)23(30)4-3-13-34(31,32)21-7-5-20(26)6-8-21/h5-12,14-15H,3-4,13,16H2,1-2H3. The molecular formula is C25H24FN3O3S2. The molecule has 4 aromatic rings. The van der Waals surface area contributed by atoms with E-state index in [2.05, 4.69) is 11.1 Å². The van der Waals surface area contributed by atoms with E-state index in [9.17, 15) is 17.6 Å². The number of fused-ring (bicyclic) bond motifs is 1. The van der Waals surface area contributed by atoms with E-state index in [1.165, 1.54) is 23.5 Å². The third kappa shape index (κ3) is 5.48. The van der Waals surface area contributed by atoms with Crippen molar-refractivity contribution in [3.05, 3.63) is 83.4 Å². The van der Waals surface area contributed by atoms with E-state index >= 15 is 0 Å². The molecule has 2 aromatic heterocycles. The van der Waals surface area contributed by atoms with Crippen LogP contribution in [-0.4, -0.2) is 30.0 Å². The Morgan fingerprint density at radius 3 is 2.47 bits per heavy atom. The summed E-state index contributed by atoms with van der Waals surface area (Å²) in [6.45, 7) is 4.32. The lowest BCUT2D eigenvalue weighted by Gasteiger charge is -2.20. The van der Waals surface area contributed by atoms with E-state index in [1.54, 1.807) is 17.3 Å². The van der Waals surface area contributed by atoms with Crippen molar-refractivity contribution in [2.24, 2.45) is 0 Å². The summed E-state index contributed by atoms with van der Waals surface area (Å²) in [4.78, 5) is 23.7. The van der Waals surface area contributed by atoms with Gasteiger partial charge >= 0.3 is 0 Å². The van der Waals surface area contributed by atoms with E-state index in [4.69, 9.17) is 4.98 Å². The molecule has 0 bridgehead atoms. The molecule has 0 unspecified atom stereocenters. The fourth-order valence-electron chi connectivity index (χ4n) is 3.72. The van der Waals surface area contributed by atoms with E-state index in [0.717, 1.165) is 39.0 Å². The largest absolute Gasteiger partial charge is 0.284 e. The van der Waals surface area contributed by atoms with Crippen LogP contribution in [0.2, 0.25) is 0 Å². The number of sulfone groups is 1. The number of halogens is 1. The third-order valence-corrected chi connectivity index (χ3v) is 8.26. The summed E-state index contributed by atoms with van der Waals surface area (Å²) in [7, 11) is -3.61. The lowest BCUT2D eigenvalue weighted by molar-refractivity contribution is -0.118. The molecule has 6 nitrogen and oxygen atoms in total. The molecule has 4 rings (SSSR count). The highest BCUT2D eigenvalue weighted by atomic mass is 32.2. The summed E-state index contributed by atoms with van der Waals surface area (Å²) >= 11 is 1.44. The van der Waals surface area contributed by atoms with Gasteiger partial charge in [-0.15, -0.1) is 0 Å². The van der Waals surface area contributed by atoms with Crippen molar-refractivity contribution < 1.29 is 17.6 Å². The van der Waals surface area contributed by atoms with Crippen molar-refractivity contribution in [2.75, 3.05) is 10.7 Å². The third-order valence-electron chi connectivity index (χ3n) is 5.42. The lowest BCUT2D eigenvalue weighted by Crippen LogP contribution is -2.30. The van der Waals surface area contributed by atoms with Crippen LogP contribution in [0.15, 0.2) is 65.8 Å². The van der Waals surface area contributed by atoms with Gasteiger partial charge in [-0.3, -0.25) is 14.7 Å².